The van der Waals surface area contributed by atoms with Crippen LogP contribution in [0.25, 0.3) is 22.3 Å². The standard InChI is InChI=1S/C31H39N3O8/c1-8-10-41-31(38)25(32-19(5)35)14-21(36)13-22(9-2)42-28-17(3)11-20(12-18(28)4)29-33-24-15-23(39-6)16-26(40-7)27(24)30(37)34-29/h11-12,15-16,22,25H,8-10,13-14H2,1-7H3,(H,32,35)(H,33,34,37). The molecule has 2 aromatic carbocycles. The molecule has 0 aliphatic rings. The van der Waals surface area contributed by atoms with E-state index in [9.17, 15) is 19.2 Å². The molecular weight excluding hydrogens is 542 g/mol. The first-order valence-corrected chi connectivity index (χ1v) is 13.9. The van der Waals surface area contributed by atoms with Crippen LogP contribution in [0.1, 0.15) is 57.6 Å². The van der Waals surface area contributed by atoms with Gasteiger partial charge in [0.05, 0.1) is 26.3 Å². The number of amides is 1. The molecule has 2 atom stereocenters. The molecule has 226 valence electrons. The molecule has 1 heterocycles. The highest BCUT2D eigenvalue weighted by molar-refractivity contribution is 5.90. The fourth-order valence-corrected chi connectivity index (χ4v) is 4.64. The number of rotatable bonds is 14. The van der Waals surface area contributed by atoms with Crippen molar-refractivity contribution in [3.8, 4) is 28.6 Å². The van der Waals surface area contributed by atoms with Gasteiger partial charge in [-0.15, -0.1) is 0 Å². The first-order valence-electron chi connectivity index (χ1n) is 13.9. The third kappa shape index (κ3) is 7.86. The summed E-state index contributed by atoms with van der Waals surface area (Å²) in [6.45, 7) is 9.02. The van der Waals surface area contributed by atoms with E-state index in [1.807, 2.05) is 39.8 Å². The van der Waals surface area contributed by atoms with Gasteiger partial charge in [0.1, 0.15) is 46.4 Å². The van der Waals surface area contributed by atoms with Crippen LogP contribution in [-0.2, 0) is 19.1 Å². The predicted molar refractivity (Wildman–Crippen MR) is 158 cm³/mol. The van der Waals surface area contributed by atoms with Crippen LogP contribution in [0.2, 0.25) is 0 Å². The van der Waals surface area contributed by atoms with Crippen molar-refractivity contribution in [2.45, 2.75) is 72.4 Å². The van der Waals surface area contributed by atoms with Gasteiger partial charge in [-0.2, -0.15) is 0 Å². The Morgan fingerprint density at radius 3 is 2.26 bits per heavy atom. The van der Waals surface area contributed by atoms with Crippen LogP contribution in [0.3, 0.4) is 0 Å². The molecule has 42 heavy (non-hydrogen) atoms. The Morgan fingerprint density at radius 2 is 1.69 bits per heavy atom. The van der Waals surface area contributed by atoms with Crippen molar-refractivity contribution in [2.24, 2.45) is 0 Å². The van der Waals surface area contributed by atoms with Crippen LogP contribution in [0.4, 0.5) is 0 Å². The number of hydrogen-bond donors (Lipinski definition) is 2. The van der Waals surface area contributed by atoms with Gasteiger partial charge in [0, 0.05) is 37.5 Å². The van der Waals surface area contributed by atoms with Crippen LogP contribution >= 0.6 is 0 Å². The van der Waals surface area contributed by atoms with Crippen molar-refractivity contribution in [1.29, 1.82) is 0 Å². The van der Waals surface area contributed by atoms with Crippen LogP contribution < -0.4 is 25.1 Å². The Bertz CT molecular complexity index is 1490. The maximum absolute atomic E-state index is 13.0. The number of nitrogens with one attached hydrogen (secondary N) is 2. The second-order valence-corrected chi connectivity index (χ2v) is 10.1. The molecule has 0 bridgehead atoms. The molecule has 2 N–H and O–H groups in total. The zero-order valence-electron chi connectivity index (χ0n) is 25.2. The third-order valence-corrected chi connectivity index (χ3v) is 6.67. The lowest BCUT2D eigenvalue weighted by Crippen LogP contribution is -2.42. The number of carbonyl (C=O) groups excluding carboxylic acids is 3. The average molecular weight is 582 g/mol. The lowest BCUT2D eigenvalue weighted by Gasteiger charge is -2.22. The monoisotopic (exact) mass is 581 g/mol. The minimum Gasteiger partial charge on any atom is -0.497 e. The van der Waals surface area contributed by atoms with Gasteiger partial charge in [-0.3, -0.25) is 14.4 Å². The number of H-pyrrole nitrogens is 1. The number of benzene rings is 2. The first-order chi connectivity index (χ1) is 20.0. The number of aromatic amines is 1. The molecule has 11 heteroatoms. The molecular formula is C31H39N3O8. The largest absolute Gasteiger partial charge is 0.497 e. The number of esters is 1. The zero-order chi connectivity index (χ0) is 31.0. The van der Waals surface area contributed by atoms with E-state index in [4.69, 9.17) is 18.9 Å². The summed E-state index contributed by atoms with van der Waals surface area (Å²) in [7, 11) is 3.01. The normalized spacial score (nSPS) is 12.4. The Morgan fingerprint density at radius 1 is 1.00 bits per heavy atom. The minimum atomic E-state index is -1.04. The number of nitrogens with zero attached hydrogens (tertiary/aromatic N) is 1. The summed E-state index contributed by atoms with van der Waals surface area (Å²) in [6.07, 6.45) is 0.587. The summed E-state index contributed by atoms with van der Waals surface area (Å²) in [4.78, 5) is 57.3. The Balaban J connectivity index is 1.82. The van der Waals surface area contributed by atoms with Crippen molar-refractivity contribution in [2.75, 3.05) is 20.8 Å². The molecule has 3 aromatic rings. The summed E-state index contributed by atoms with van der Waals surface area (Å²) in [5, 5.41) is 2.83. The molecule has 0 saturated heterocycles. The van der Waals surface area contributed by atoms with Crippen LogP contribution in [-0.4, -0.2) is 60.6 Å². The van der Waals surface area contributed by atoms with E-state index < -0.39 is 24.0 Å². The van der Waals surface area contributed by atoms with Gasteiger partial charge in [0.2, 0.25) is 5.91 Å². The lowest BCUT2D eigenvalue weighted by atomic mass is 10.0. The molecule has 0 aliphatic heterocycles. The summed E-state index contributed by atoms with van der Waals surface area (Å²) >= 11 is 0. The van der Waals surface area contributed by atoms with Gasteiger partial charge < -0.3 is 29.2 Å². The third-order valence-electron chi connectivity index (χ3n) is 6.67. The number of aromatic nitrogens is 2. The highest BCUT2D eigenvalue weighted by atomic mass is 16.5. The van der Waals surface area contributed by atoms with E-state index in [2.05, 4.69) is 15.3 Å². The van der Waals surface area contributed by atoms with Gasteiger partial charge in [-0.1, -0.05) is 13.8 Å². The number of Topliss-reactive ketones (excluding diaryl/α,β-unsaturated/α-hetero) is 1. The number of hydrogen-bond acceptors (Lipinski definition) is 9. The number of aryl methyl sites for hydroxylation is 2. The molecule has 0 saturated carbocycles. The van der Waals surface area contributed by atoms with E-state index in [1.54, 1.807) is 12.1 Å². The van der Waals surface area contributed by atoms with Gasteiger partial charge in [-0.25, -0.2) is 9.78 Å². The minimum absolute atomic E-state index is 0.0531. The Kier molecular flexibility index (Phi) is 11.1. The average Bonchev–Trinajstić information content (AvgIpc) is 2.95. The summed E-state index contributed by atoms with van der Waals surface area (Å²) < 4.78 is 22.1. The number of ketones is 1. The van der Waals surface area contributed by atoms with Crippen molar-refractivity contribution in [3.05, 3.63) is 45.7 Å². The summed E-state index contributed by atoms with van der Waals surface area (Å²) in [5.41, 5.74) is 2.36. The van der Waals surface area contributed by atoms with Gasteiger partial charge in [0.25, 0.3) is 5.56 Å². The second kappa shape index (κ2) is 14.5. The molecule has 0 aliphatic carbocycles. The number of methoxy groups -OCH3 is 2. The molecule has 11 nitrogen and oxygen atoms in total. The van der Waals surface area contributed by atoms with E-state index in [-0.39, 0.29) is 30.8 Å². The van der Waals surface area contributed by atoms with E-state index in [0.29, 0.717) is 52.4 Å². The van der Waals surface area contributed by atoms with Crippen molar-refractivity contribution < 1.29 is 33.3 Å². The number of carbonyl (C=O) groups is 3. The van der Waals surface area contributed by atoms with E-state index >= 15 is 0 Å². The molecule has 0 radical (unpaired) electrons. The number of ether oxygens (including phenoxy) is 4. The maximum Gasteiger partial charge on any atom is 0.329 e. The lowest BCUT2D eigenvalue weighted by molar-refractivity contribution is -0.149. The second-order valence-electron chi connectivity index (χ2n) is 10.1. The molecule has 0 fully saturated rings. The zero-order valence-corrected chi connectivity index (χ0v) is 25.2. The quantitative estimate of drug-likeness (QED) is 0.268. The van der Waals surface area contributed by atoms with Gasteiger partial charge in [-0.05, 0) is 49.9 Å². The van der Waals surface area contributed by atoms with Crippen LogP contribution in [0.5, 0.6) is 17.2 Å². The van der Waals surface area contributed by atoms with Crippen LogP contribution in [0.15, 0.2) is 29.1 Å². The fourth-order valence-electron chi connectivity index (χ4n) is 4.64. The van der Waals surface area contributed by atoms with Gasteiger partial charge >= 0.3 is 5.97 Å². The molecule has 1 amide bonds. The van der Waals surface area contributed by atoms with Gasteiger partial charge in [0.15, 0.2) is 0 Å². The maximum atomic E-state index is 13.0. The molecule has 3 rings (SSSR count). The topological polar surface area (TPSA) is 146 Å². The smallest absolute Gasteiger partial charge is 0.329 e. The highest BCUT2D eigenvalue weighted by Crippen LogP contribution is 2.32. The summed E-state index contributed by atoms with van der Waals surface area (Å²) in [6, 6.07) is 5.98. The van der Waals surface area contributed by atoms with E-state index in [1.165, 1.54) is 21.1 Å². The SMILES string of the molecule is CCCOC(=O)C(CC(=O)CC(CC)Oc1c(C)cc(-c2nc3cc(OC)cc(OC)c3c(=O)[nH]2)cc1C)NC(C)=O. The first kappa shape index (κ1) is 32.1. The predicted octanol–water partition coefficient (Wildman–Crippen LogP) is 4.19. The summed E-state index contributed by atoms with van der Waals surface area (Å²) in [5.74, 6) is 0.588. The Labute approximate surface area is 244 Å². The molecule has 2 unspecified atom stereocenters. The fraction of sp³-hybridized carbons (Fsp3) is 0.452. The van der Waals surface area contributed by atoms with Crippen LogP contribution in [0, 0.1) is 13.8 Å². The number of fused-ring (bicyclic) bond motifs is 1. The Hall–Kier alpha value is -4.41. The highest BCUT2D eigenvalue weighted by Gasteiger charge is 2.26. The molecule has 1 aromatic heterocycles. The van der Waals surface area contributed by atoms with Crippen molar-refractivity contribution in [1.82, 2.24) is 15.3 Å². The van der Waals surface area contributed by atoms with Crippen molar-refractivity contribution in [3.63, 3.8) is 0 Å². The van der Waals surface area contributed by atoms with E-state index in [0.717, 1.165) is 11.1 Å². The molecule has 0 spiro atoms. The van der Waals surface area contributed by atoms with Crippen molar-refractivity contribution >= 4 is 28.6 Å².